The molecule has 2 fully saturated rings. The molecular formula is C16H24N2S. The van der Waals surface area contributed by atoms with Gasteiger partial charge in [0, 0.05) is 30.1 Å². The van der Waals surface area contributed by atoms with Gasteiger partial charge in [-0.1, -0.05) is 12.1 Å². The molecule has 19 heavy (non-hydrogen) atoms. The van der Waals surface area contributed by atoms with Gasteiger partial charge in [0.05, 0.1) is 0 Å². The molecule has 0 radical (unpaired) electrons. The van der Waals surface area contributed by atoms with Crippen molar-refractivity contribution in [2.75, 3.05) is 25.9 Å². The van der Waals surface area contributed by atoms with Crippen molar-refractivity contribution in [3.63, 3.8) is 0 Å². The highest BCUT2D eigenvalue weighted by molar-refractivity contribution is 7.98. The molecule has 2 aliphatic rings. The third-order valence-electron chi connectivity index (χ3n) is 4.77. The van der Waals surface area contributed by atoms with Gasteiger partial charge in [-0.15, -0.1) is 11.8 Å². The minimum atomic E-state index is 0.545. The maximum absolute atomic E-state index is 3.69. The third-order valence-corrected chi connectivity index (χ3v) is 5.52. The summed E-state index contributed by atoms with van der Waals surface area (Å²) in [5.41, 5.74) is 1.46. The largest absolute Gasteiger partial charge is 0.312 e. The molecule has 1 aromatic carbocycles. The lowest BCUT2D eigenvalue weighted by molar-refractivity contribution is 0.251. The number of piperidine rings is 1. The second kappa shape index (κ2) is 5.86. The molecule has 3 rings (SSSR count). The first-order valence-electron chi connectivity index (χ1n) is 7.39. The number of nitrogens with one attached hydrogen (secondary N) is 1. The molecule has 3 atom stereocenters. The summed E-state index contributed by atoms with van der Waals surface area (Å²) in [6, 6.07) is 10.4. The van der Waals surface area contributed by atoms with Crippen molar-refractivity contribution in [1.29, 1.82) is 0 Å². The fourth-order valence-electron chi connectivity index (χ4n) is 3.49. The van der Waals surface area contributed by atoms with Crippen LogP contribution in [-0.4, -0.2) is 36.8 Å². The van der Waals surface area contributed by atoms with Gasteiger partial charge >= 0.3 is 0 Å². The van der Waals surface area contributed by atoms with Crippen LogP contribution in [0.25, 0.3) is 0 Å². The zero-order valence-electron chi connectivity index (χ0n) is 11.9. The quantitative estimate of drug-likeness (QED) is 0.854. The van der Waals surface area contributed by atoms with E-state index >= 15 is 0 Å². The number of likely N-dealkylation sites (tertiary alicyclic amines) is 1. The van der Waals surface area contributed by atoms with E-state index in [2.05, 4.69) is 47.7 Å². The van der Waals surface area contributed by atoms with E-state index in [1.807, 2.05) is 11.8 Å². The molecule has 3 heteroatoms. The van der Waals surface area contributed by atoms with Crippen LogP contribution in [0.5, 0.6) is 0 Å². The fourth-order valence-corrected chi connectivity index (χ4v) is 3.90. The Morgan fingerprint density at radius 3 is 2.74 bits per heavy atom. The molecule has 0 amide bonds. The monoisotopic (exact) mass is 276 g/mol. The Bertz CT molecular complexity index is 403. The summed E-state index contributed by atoms with van der Waals surface area (Å²) in [5, 5.41) is 3.69. The van der Waals surface area contributed by atoms with Crippen LogP contribution in [0.3, 0.4) is 0 Å². The van der Waals surface area contributed by atoms with Crippen molar-refractivity contribution in [2.24, 2.45) is 5.92 Å². The van der Waals surface area contributed by atoms with Crippen molar-refractivity contribution in [3.05, 3.63) is 29.8 Å². The van der Waals surface area contributed by atoms with Gasteiger partial charge in [-0.05, 0) is 56.2 Å². The second-order valence-electron chi connectivity index (χ2n) is 5.87. The normalized spacial score (nSPS) is 29.2. The Morgan fingerprint density at radius 1 is 1.26 bits per heavy atom. The molecule has 0 aliphatic carbocycles. The molecule has 2 heterocycles. The standard InChI is InChI=1S/C16H24N2S/c1-12(13-5-7-15(19-2)8-6-13)18-10-14-4-3-9-17-16(14)11-18/h5-8,12,14,16-17H,3-4,9-11H2,1-2H3/t12?,14-,16+/m0/s1. The topological polar surface area (TPSA) is 15.3 Å². The molecule has 1 N–H and O–H groups in total. The van der Waals surface area contributed by atoms with E-state index in [0.717, 1.165) is 12.0 Å². The molecule has 2 aliphatic heterocycles. The molecule has 104 valence electrons. The van der Waals surface area contributed by atoms with Crippen molar-refractivity contribution in [1.82, 2.24) is 10.2 Å². The first kappa shape index (κ1) is 13.5. The van der Waals surface area contributed by atoms with Crippen molar-refractivity contribution < 1.29 is 0 Å². The second-order valence-corrected chi connectivity index (χ2v) is 6.75. The Hall–Kier alpha value is -0.510. The van der Waals surface area contributed by atoms with E-state index in [9.17, 15) is 0 Å². The Kier molecular flexibility index (Phi) is 4.15. The molecule has 2 nitrogen and oxygen atoms in total. The molecule has 0 aromatic heterocycles. The highest BCUT2D eigenvalue weighted by Crippen LogP contribution is 2.31. The van der Waals surface area contributed by atoms with Crippen LogP contribution in [0.1, 0.15) is 31.4 Å². The number of rotatable bonds is 3. The fraction of sp³-hybridized carbons (Fsp3) is 0.625. The Balaban J connectivity index is 1.68. The maximum atomic E-state index is 3.69. The number of thioether (sulfide) groups is 1. The minimum absolute atomic E-state index is 0.545. The average molecular weight is 276 g/mol. The molecule has 2 saturated heterocycles. The van der Waals surface area contributed by atoms with Crippen LogP contribution in [0.4, 0.5) is 0 Å². The summed E-state index contributed by atoms with van der Waals surface area (Å²) in [5.74, 6) is 0.877. The van der Waals surface area contributed by atoms with Crippen molar-refractivity contribution in [2.45, 2.75) is 36.7 Å². The smallest absolute Gasteiger partial charge is 0.0320 e. The van der Waals surface area contributed by atoms with Gasteiger partial charge in [0.25, 0.3) is 0 Å². The average Bonchev–Trinajstić information content (AvgIpc) is 2.90. The predicted octanol–water partition coefficient (Wildman–Crippen LogP) is 3.15. The highest BCUT2D eigenvalue weighted by Gasteiger charge is 2.36. The lowest BCUT2D eigenvalue weighted by atomic mass is 9.94. The lowest BCUT2D eigenvalue weighted by Gasteiger charge is -2.25. The summed E-state index contributed by atoms with van der Waals surface area (Å²) in [6.07, 6.45) is 4.90. The van der Waals surface area contributed by atoms with E-state index in [0.29, 0.717) is 6.04 Å². The first-order valence-corrected chi connectivity index (χ1v) is 8.62. The minimum Gasteiger partial charge on any atom is -0.312 e. The SMILES string of the molecule is CSc1ccc(C(C)N2C[C@@H]3CCCN[C@@H]3C2)cc1. The summed E-state index contributed by atoms with van der Waals surface area (Å²) < 4.78 is 0. The molecule has 1 unspecified atom stereocenters. The maximum Gasteiger partial charge on any atom is 0.0320 e. The van der Waals surface area contributed by atoms with Gasteiger partial charge in [0.2, 0.25) is 0 Å². The van der Waals surface area contributed by atoms with Gasteiger partial charge in [0.15, 0.2) is 0 Å². The number of fused-ring (bicyclic) bond motifs is 1. The summed E-state index contributed by atoms with van der Waals surface area (Å²) in [4.78, 5) is 4.01. The third kappa shape index (κ3) is 2.83. The summed E-state index contributed by atoms with van der Waals surface area (Å²) in [6.45, 7) is 6.05. The van der Waals surface area contributed by atoms with Crippen molar-refractivity contribution in [3.8, 4) is 0 Å². The van der Waals surface area contributed by atoms with E-state index < -0.39 is 0 Å². The lowest BCUT2D eigenvalue weighted by Crippen LogP contribution is -2.40. The Morgan fingerprint density at radius 2 is 2.05 bits per heavy atom. The molecule has 0 spiro atoms. The molecule has 1 aromatic rings. The highest BCUT2D eigenvalue weighted by atomic mass is 32.2. The van der Waals surface area contributed by atoms with Crippen LogP contribution in [-0.2, 0) is 0 Å². The number of nitrogens with zero attached hydrogens (tertiary/aromatic N) is 1. The van der Waals surface area contributed by atoms with E-state index in [1.54, 1.807) is 0 Å². The summed E-state index contributed by atoms with van der Waals surface area (Å²) in [7, 11) is 0. The van der Waals surface area contributed by atoms with Gasteiger partial charge in [0.1, 0.15) is 0 Å². The van der Waals surface area contributed by atoms with Gasteiger partial charge in [-0.2, -0.15) is 0 Å². The van der Waals surface area contributed by atoms with Gasteiger partial charge in [-0.3, -0.25) is 4.90 Å². The zero-order valence-corrected chi connectivity index (χ0v) is 12.7. The van der Waals surface area contributed by atoms with Crippen LogP contribution in [0.2, 0.25) is 0 Å². The van der Waals surface area contributed by atoms with Gasteiger partial charge in [-0.25, -0.2) is 0 Å². The number of hydrogen-bond donors (Lipinski definition) is 1. The number of benzene rings is 1. The molecule has 0 bridgehead atoms. The van der Waals surface area contributed by atoms with E-state index in [1.165, 1.54) is 42.9 Å². The van der Waals surface area contributed by atoms with Crippen LogP contribution < -0.4 is 5.32 Å². The summed E-state index contributed by atoms with van der Waals surface area (Å²) >= 11 is 1.81. The first-order chi connectivity index (χ1) is 9.28. The predicted molar refractivity (Wildman–Crippen MR) is 82.7 cm³/mol. The van der Waals surface area contributed by atoms with E-state index in [-0.39, 0.29) is 0 Å². The van der Waals surface area contributed by atoms with Crippen molar-refractivity contribution >= 4 is 11.8 Å². The number of hydrogen-bond acceptors (Lipinski definition) is 3. The van der Waals surface area contributed by atoms with Crippen LogP contribution in [0.15, 0.2) is 29.2 Å². The van der Waals surface area contributed by atoms with Crippen LogP contribution in [0, 0.1) is 5.92 Å². The zero-order chi connectivity index (χ0) is 13.2. The van der Waals surface area contributed by atoms with E-state index in [4.69, 9.17) is 0 Å². The molecule has 0 saturated carbocycles. The molecular weight excluding hydrogens is 252 g/mol. The van der Waals surface area contributed by atoms with Gasteiger partial charge < -0.3 is 5.32 Å². The Labute approximate surface area is 121 Å². The van der Waals surface area contributed by atoms with Crippen LogP contribution >= 0.6 is 11.8 Å².